The van der Waals surface area contributed by atoms with Crippen LogP contribution in [0.5, 0.6) is 0 Å². The summed E-state index contributed by atoms with van der Waals surface area (Å²) in [5.74, 6) is -0.463. The number of Topliss-reactive ketones (excluding diaryl/α,β-unsaturated/α-hetero) is 1. The summed E-state index contributed by atoms with van der Waals surface area (Å²) in [4.78, 5) is 34.7. The van der Waals surface area contributed by atoms with Gasteiger partial charge in [-0.15, -0.1) is 0 Å². The van der Waals surface area contributed by atoms with Gasteiger partial charge in [-0.05, 0) is 30.3 Å². The molecule has 1 aromatic carbocycles. The van der Waals surface area contributed by atoms with Gasteiger partial charge >= 0.3 is 0 Å². The highest BCUT2D eigenvalue weighted by Crippen LogP contribution is 2.21. The van der Waals surface area contributed by atoms with Crippen LogP contribution in [0.15, 0.2) is 36.9 Å². The molecule has 2 N–H and O–H groups in total. The van der Waals surface area contributed by atoms with Crippen molar-refractivity contribution in [3.8, 4) is 0 Å². The zero-order valence-corrected chi connectivity index (χ0v) is 13.2. The van der Waals surface area contributed by atoms with Crippen LogP contribution in [0.2, 0.25) is 0 Å². The molecular formula is C17H22N2O3. The van der Waals surface area contributed by atoms with E-state index < -0.39 is 5.41 Å². The van der Waals surface area contributed by atoms with E-state index in [-0.39, 0.29) is 30.6 Å². The summed E-state index contributed by atoms with van der Waals surface area (Å²) in [6, 6.07) is 6.78. The Bertz CT molecular complexity index is 569. The number of anilines is 1. The van der Waals surface area contributed by atoms with Gasteiger partial charge in [-0.25, -0.2) is 0 Å². The van der Waals surface area contributed by atoms with E-state index in [9.17, 15) is 14.4 Å². The van der Waals surface area contributed by atoms with Crippen molar-refractivity contribution in [1.29, 1.82) is 0 Å². The van der Waals surface area contributed by atoms with Crippen molar-refractivity contribution < 1.29 is 14.4 Å². The van der Waals surface area contributed by atoms with Crippen LogP contribution in [0.3, 0.4) is 0 Å². The Morgan fingerprint density at radius 2 is 1.73 bits per heavy atom. The first kappa shape index (κ1) is 17.6. The Morgan fingerprint density at radius 3 is 2.23 bits per heavy atom. The molecule has 0 spiro atoms. The Hall–Kier alpha value is -2.43. The van der Waals surface area contributed by atoms with Gasteiger partial charge in [0.05, 0.1) is 0 Å². The number of hydrogen-bond donors (Lipinski definition) is 2. The van der Waals surface area contributed by atoms with Crippen molar-refractivity contribution >= 4 is 23.3 Å². The number of carbonyl (C=O) groups is 3. The van der Waals surface area contributed by atoms with Gasteiger partial charge in [0.15, 0.2) is 5.78 Å². The minimum absolute atomic E-state index is 0.0533. The molecule has 0 heterocycles. The molecule has 0 aliphatic rings. The average Bonchev–Trinajstić information content (AvgIpc) is 2.46. The molecule has 0 bridgehead atoms. The van der Waals surface area contributed by atoms with Gasteiger partial charge in [-0.3, -0.25) is 14.4 Å². The first-order valence-electron chi connectivity index (χ1n) is 7.09. The van der Waals surface area contributed by atoms with Gasteiger partial charge in [0, 0.05) is 29.6 Å². The second-order valence-electron chi connectivity index (χ2n) is 5.95. The number of amides is 2. The second kappa shape index (κ2) is 7.54. The van der Waals surface area contributed by atoms with Crippen molar-refractivity contribution in [3.63, 3.8) is 0 Å². The Kier molecular flexibility index (Phi) is 6.04. The third-order valence-electron chi connectivity index (χ3n) is 2.95. The molecule has 5 heteroatoms. The fourth-order valence-corrected chi connectivity index (χ4v) is 1.73. The standard InChI is InChI=1S/C17H22N2O3/c1-5-14(20)18-11-10-15(21)19-13-8-6-12(7-9-13)16(22)17(2,3)4/h5-9H,1,10-11H2,2-4H3,(H,18,20)(H,19,21). The predicted molar refractivity (Wildman–Crippen MR) is 86.7 cm³/mol. The lowest BCUT2D eigenvalue weighted by atomic mass is 9.86. The van der Waals surface area contributed by atoms with Crippen molar-refractivity contribution in [2.75, 3.05) is 11.9 Å². The van der Waals surface area contributed by atoms with E-state index in [1.165, 1.54) is 0 Å². The van der Waals surface area contributed by atoms with Crippen LogP contribution in [0.25, 0.3) is 0 Å². The fraction of sp³-hybridized carbons (Fsp3) is 0.353. The normalized spacial score (nSPS) is 10.7. The van der Waals surface area contributed by atoms with Gasteiger partial charge in [0.2, 0.25) is 11.8 Å². The van der Waals surface area contributed by atoms with Gasteiger partial charge < -0.3 is 10.6 Å². The highest BCUT2D eigenvalue weighted by molar-refractivity contribution is 6.00. The monoisotopic (exact) mass is 302 g/mol. The van der Waals surface area contributed by atoms with Crippen molar-refractivity contribution in [3.05, 3.63) is 42.5 Å². The Labute approximate surface area is 130 Å². The molecule has 0 fully saturated rings. The zero-order valence-electron chi connectivity index (χ0n) is 13.2. The molecule has 0 saturated heterocycles. The number of hydrogen-bond acceptors (Lipinski definition) is 3. The maximum absolute atomic E-state index is 12.1. The molecule has 0 unspecified atom stereocenters. The lowest BCUT2D eigenvalue weighted by Crippen LogP contribution is -2.26. The van der Waals surface area contributed by atoms with E-state index >= 15 is 0 Å². The van der Waals surface area contributed by atoms with Crippen molar-refractivity contribution in [1.82, 2.24) is 5.32 Å². The first-order chi connectivity index (χ1) is 10.2. The number of ketones is 1. The molecule has 1 aromatic rings. The number of benzene rings is 1. The summed E-state index contributed by atoms with van der Waals surface area (Å²) in [7, 11) is 0. The third kappa shape index (κ3) is 5.52. The highest BCUT2D eigenvalue weighted by Gasteiger charge is 2.22. The molecule has 0 radical (unpaired) electrons. The Balaban J connectivity index is 2.54. The van der Waals surface area contributed by atoms with E-state index in [1.807, 2.05) is 20.8 Å². The van der Waals surface area contributed by atoms with Gasteiger partial charge in [-0.2, -0.15) is 0 Å². The molecule has 0 aliphatic heterocycles. The van der Waals surface area contributed by atoms with Crippen LogP contribution in [0.1, 0.15) is 37.6 Å². The van der Waals surface area contributed by atoms with Crippen LogP contribution >= 0.6 is 0 Å². The van der Waals surface area contributed by atoms with E-state index in [2.05, 4.69) is 17.2 Å². The molecule has 0 aliphatic carbocycles. The minimum atomic E-state index is -0.436. The summed E-state index contributed by atoms with van der Waals surface area (Å²) < 4.78 is 0. The van der Waals surface area contributed by atoms with E-state index in [0.717, 1.165) is 6.08 Å². The van der Waals surface area contributed by atoms with Gasteiger partial charge in [-0.1, -0.05) is 27.4 Å². The first-order valence-corrected chi connectivity index (χ1v) is 7.09. The molecule has 118 valence electrons. The maximum atomic E-state index is 12.1. The number of nitrogens with one attached hydrogen (secondary N) is 2. The van der Waals surface area contributed by atoms with Crippen molar-refractivity contribution in [2.45, 2.75) is 27.2 Å². The maximum Gasteiger partial charge on any atom is 0.243 e. The van der Waals surface area contributed by atoms with Crippen molar-refractivity contribution in [2.24, 2.45) is 5.41 Å². The summed E-state index contributed by atoms with van der Waals surface area (Å²) in [6.07, 6.45) is 1.32. The smallest absolute Gasteiger partial charge is 0.243 e. The summed E-state index contributed by atoms with van der Waals surface area (Å²) >= 11 is 0. The molecule has 0 atom stereocenters. The molecule has 0 aromatic heterocycles. The number of carbonyl (C=O) groups excluding carboxylic acids is 3. The van der Waals surface area contributed by atoms with E-state index in [4.69, 9.17) is 0 Å². The molecule has 0 saturated carbocycles. The molecule has 2 amide bonds. The van der Waals surface area contributed by atoms with Crippen LogP contribution in [0, 0.1) is 5.41 Å². The van der Waals surface area contributed by atoms with Gasteiger partial charge in [0.1, 0.15) is 0 Å². The van der Waals surface area contributed by atoms with Crippen LogP contribution in [-0.2, 0) is 9.59 Å². The highest BCUT2D eigenvalue weighted by atomic mass is 16.2. The molecule has 22 heavy (non-hydrogen) atoms. The topological polar surface area (TPSA) is 75.3 Å². The summed E-state index contributed by atoms with van der Waals surface area (Å²) in [6.45, 7) is 9.16. The molecule has 5 nitrogen and oxygen atoms in total. The largest absolute Gasteiger partial charge is 0.352 e. The summed E-state index contributed by atoms with van der Waals surface area (Å²) in [5, 5.41) is 5.24. The minimum Gasteiger partial charge on any atom is -0.352 e. The van der Waals surface area contributed by atoms with E-state index in [0.29, 0.717) is 11.3 Å². The lowest BCUT2D eigenvalue weighted by Gasteiger charge is -2.16. The van der Waals surface area contributed by atoms with E-state index in [1.54, 1.807) is 24.3 Å². The fourth-order valence-electron chi connectivity index (χ4n) is 1.73. The summed E-state index contributed by atoms with van der Waals surface area (Å²) in [5.41, 5.74) is 0.794. The lowest BCUT2D eigenvalue weighted by molar-refractivity contribution is -0.117. The SMILES string of the molecule is C=CC(=O)NCCC(=O)Nc1ccc(C(=O)C(C)(C)C)cc1. The zero-order chi connectivity index (χ0) is 16.8. The quantitative estimate of drug-likeness (QED) is 0.626. The average molecular weight is 302 g/mol. The Morgan fingerprint density at radius 1 is 1.14 bits per heavy atom. The second-order valence-corrected chi connectivity index (χ2v) is 5.95. The van der Waals surface area contributed by atoms with Crippen LogP contribution in [-0.4, -0.2) is 24.1 Å². The molecule has 1 rings (SSSR count). The van der Waals surface area contributed by atoms with Crippen LogP contribution in [0.4, 0.5) is 5.69 Å². The van der Waals surface area contributed by atoms with Crippen LogP contribution < -0.4 is 10.6 Å². The van der Waals surface area contributed by atoms with Gasteiger partial charge in [0.25, 0.3) is 0 Å². The predicted octanol–water partition coefficient (Wildman–Crippen LogP) is 2.55. The third-order valence-corrected chi connectivity index (χ3v) is 2.95. The number of rotatable bonds is 6. The molecular weight excluding hydrogens is 280 g/mol.